The topological polar surface area (TPSA) is 181 Å². The van der Waals surface area contributed by atoms with Crippen LogP contribution in [-0.2, 0) is 42.8 Å². The van der Waals surface area contributed by atoms with Crippen LogP contribution < -0.4 is 0 Å². The summed E-state index contributed by atoms with van der Waals surface area (Å²) >= 11 is 0. The first-order valence-electron chi connectivity index (χ1n) is 17.7. The third-order valence-corrected chi connectivity index (χ3v) is 11.8. The summed E-state index contributed by atoms with van der Waals surface area (Å²) in [7, 11) is 0. The number of fused-ring (bicyclic) bond motifs is 4. The van der Waals surface area contributed by atoms with Gasteiger partial charge in [-0.15, -0.1) is 0 Å². The summed E-state index contributed by atoms with van der Waals surface area (Å²) < 4.78 is 37.1. The standard InChI is InChI=1S/C40H46O13/c1-21-27(49-22(2)41)19-39(37(5,6)47)30(21)31(44)33(51-35(45)25-14-10-8-11-15-25)38(7)28(50-23(3)42)18-29-40(20-48-29,53-24(4)43)32(38)34(39)52-36(46)26-16-12-9-13-17-26/h8-17,27-29,31-34,44,47H,18-20H2,1-7H3/t27-,28-,29+,31+,32-,33-,34-,38+,39-,40-/m0/s1. The summed E-state index contributed by atoms with van der Waals surface area (Å²) in [6, 6.07) is 16.2. The molecule has 10 atom stereocenters. The zero-order chi connectivity index (χ0) is 38.7. The number of ether oxygens (including phenoxy) is 6. The predicted molar refractivity (Wildman–Crippen MR) is 185 cm³/mol. The van der Waals surface area contributed by atoms with Crippen molar-refractivity contribution in [1.82, 2.24) is 0 Å². The smallest absolute Gasteiger partial charge is 0.338 e. The fourth-order valence-corrected chi connectivity index (χ4v) is 9.60. The van der Waals surface area contributed by atoms with E-state index in [1.807, 2.05) is 0 Å². The van der Waals surface area contributed by atoms with E-state index in [2.05, 4.69) is 0 Å². The Hall–Kier alpha value is -4.59. The molecule has 2 N–H and O–H groups in total. The quantitative estimate of drug-likeness (QED) is 0.227. The molecule has 0 bridgehead atoms. The number of hydrogen-bond donors (Lipinski definition) is 2. The van der Waals surface area contributed by atoms with E-state index < -0.39 is 94.4 Å². The van der Waals surface area contributed by atoms with Gasteiger partial charge in [0.1, 0.15) is 36.6 Å². The van der Waals surface area contributed by atoms with Crippen LogP contribution in [0, 0.1) is 16.7 Å². The zero-order valence-electron chi connectivity index (χ0n) is 30.8. The molecule has 1 aliphatic heterocycles. The Morgan fingerprint density at radius 2 is 1.32 bits per heavy atom. The number of carbonyl (C=O) groups excluding carboxylic acids is 5. The van der Waals surface area contributed by atoms with Crippen LogP contribution in [0.25, 0.3) is 0 Å². The highest BCUT2D eigenvalue weighted by Gasteiger charge is 2.80. The molecule has 1 heterocycles. The fraction of sp³-hybridized carbons (Fsp3) is 0.525. The van der Waals surface area contributed by atoms with Gasteiger partial charge in [-0.2, -0.15) is 0 Å². The fourth-order valence-electron chi connectivity index (χ4n) is 9.60. The van der Waals surface area contributed by atoms with Crippen LogP contribution in [0.2, 0.25) is 0 Å². The number of esters is 5. The Balaban J connectivity index is 1.71. The van der Waals surface area contributed by atoms with Crippen molar-refractivity contribution in [2.75, 3.05) is 6.61 Å². The zero-order valence-corrected chi connectivity index (χ0v) is 30.8. The Bertz CT molecular complexity index is 1820. The van der Waals surface area contributed by atoms with Crippen LogP contribution in [0.4, 0.5) is 0 Å². The molecule has 13 nitrogen and oxygen atoms in total. The first-order chi connectivity index (χ1) is 24.9. The lowest BCUT2D eigenvalue weighted by Gasteiger charge is -2.65. The minimum atomic E-state index is -1.88. The predicted octanol–water partition coefficient (Wildman–Crippen LogP) is 3.88. The van der Waals surface area contributed by atoms with E-state index in [1.165, 1.54) is 46.8 Å². The molecular weight excluding hydrogens is 688 g/mol. The monoisotopic (exact) mass is 734 g/mol. The van der Waals surface area contributed by atoms with E-state index in [4.69, 9.17) is 28.4 Å². The van der Waals surface area contributed by atoms with Crippen LogP contribution in [0.5, 0.6) is 0 Å². The maximum Gasteiger partial charge on any atom is 0.338 e. The molecule has 0 unspecified atom stereocenters. The average Bonchev–Trinajstić information content (AvgIpc) is 3.35. The lowest BCUT2D eigenvalue weighted by Crippen LogP contribution is -2.79. The molecule has 0 spiro atoms. The molecular formula is C40H46O13. The van der Waals surface area contributed by atoms with Gasteiger partial charge >= 0.3 is 29.8 Å². The van der Waals surface area contributed by atoms with Gasteiger partial charge in [-0.1, -0.05) is 43.3 Å². The third-order valence-electron chi connectivity index (χ3n) is 11.8. The highest BCUT2D eigenvalue weighted by molar-refractivity contribution is 5.90. The van der Waals surface area contributed by atoms with Crippen molar-refractivity contribution in [3.05, 3.63) is 82.9 Å². The molecule has 2 saturated carbocycles. The largest absolute Gasteiger partial charge is 0.462 e. The SMILES string of the molecule is CC(=O)O[C@H]1C[C@]2(C(C)(C)O)C(=C1C)[C@@H](O)[C@H](OC(=O)c1ccccc1)[C@]1(C)[C@@H](OC(C)=O)C[C@H]3OC[C@@]3(OC(C)=O)[C@H]1[C@@H]2OC(=O)c1ccccc1. The number of benzene rings is 2. The van der Waals surface area contributed by atoms with Crippen LogP contribution in [0.1, 0.15) is 82.0 Å². The van der Waals surface area contributed by atoms with Crippen molar-refractivity contribution in [3.8, 4) is 0 Å². The molecule has 0 amide bonds. The van der Waals surface area contributed by atoms with E-state index in [0.717, 1.165) is 0 Å². The van der Waals surface area contributed by atoms with Crippen molar-refractivity contribution >= 4 is 29.8 Å². The summed E-state index contributed by atoms with van der Waals surface area (Å²) in [5.74, 6) is -4.96. The lowest BCUT2D eigenvalue weighted by molar-refractivity contribution is -0.351. The Morgan fingerprint density at radius 3 is 1.77 bits per heavy atom. The highest BCUT2D eigenvalue weighted by Crippen LogP contribution is 2.68. The van der Waals surface area contributed by atoms with Crippen molar-refractivity contribution in [2.45, 2.75) is 109 Å². The van der Waals surface area contributed by atoms with Crippen molar-refractivity contribution in [3.63, 3.8) is 0 Å². The van der Waals surface area contributed by atoms with Gasteiger partial charge in [0.25, 0.3) is 0 Å². The Morgan fingerprint density at radius 1 is 0.792 bits per heavy atom. The van der Waals surface area contributed by atoms with Crippen molar-refractivity contribution < 1.29 is 62.6 Å². The number of aliphatic hydroxyl groups excluding tert-OH is 1. The van der Waals surface area contributed by atoms with Gasteiger partial charge in [-0.05, 0) is 56.2 Å². The maximum atomic E-state index is 14.3. The highest BCUT2D eigenvalue weighted by atomic mass is 16.6. The molecule has 1 saturated heterocycles. The molecule has 13 heteroatoms. The number of rotatable bonds is 8. The second kappa shape index (κ2) is 13.7. The first kappa shape index (κ1) is 38.1. The summed E-state index contributed by atoms with van der Waals surface area (Å²) in [6.45, 7) is 9.69. The summed E-state index contributed by atoms with van der Waals surface area (Å²) in [4.78, 5) is 66.9. The van der Waals surface area contributed by atoms with Crippen LogP contribution in [0.15, 0.2) is 71.8 Å². The maximum absolute atomic E-state index is 14.3. The number of aliphatic hydroxyl groups is 2. The minimum Gasteiger partial charge on any atom is -0.462 e. The molecule has 3 fully saturated rings. The van der Waals surface area contributed by atoms with Gasteiger partial charge in [0, 0.05) is 33.6 Å². The molecule has 6 rings (SSSR count). The number of carbonyl (C=O) groups is 5. The van der Waals surface area contributed by atoms with E-state index in [-0.39, 0.29) is 36.1 Å². The van der Waals surface area contributed by atoms with Gasteiger partial charge in [-0.25, -0.2) is 9.59 Å². The van der Waals surface area contributed by atoms with Crippen molar-refractivity contribution in [2.24, 2.45) is 16.7 Å². The van der Waals surface area contributed by atoms with Gasteiger partial charge < -0.3 is 38.6 Å². The first-order valence-corrected chi connectivity index (χ1v) is 17.7. The molecule has 4 aliphatic rings. The molecule has 0 aromatic heterocycles. The summed E-state index contributed by atoms with van der Waals surface area (Å²) in [6.07, 6.45) is -8.24. The molecule has 284 valence electrons. The van der Waals surface area contributed by atoms with Gasteiger partial charge in [0.05, 0.1) is 40.1 Å². The Kier molecular flexibility index (Phi) is 9.84. The van der Waals surface area contributed by atoms with Gasteiger partial charge in [0.15, 0.2) is 5.60 Å². The van der Waals surface area contributed by atoms with E-state index >= 15 is 0 Å². The molecule has 0 radical (unpaired) electrons. The van der Waals surface area contributed by atoms with Gasteiger partial charge in [0.2, 0.25) is 0 Å². The van der Waals surface area contributed by atoms with Crippen LogP contribution in [0.3, 0.4) is 0 Å². The second-order valence-corrected chi connectivity index (χ2v) is 15.3. The molecule has 53 heavy (non-hydrogen) atoms. The number of hydrogen-bond acceptors (Lipinski definition) is 13. The Labute approximate surface area is 307 Å². The van der Waals surface area contributed by atoms with Crippen LogP contribution in [-0.4, -0.2) is 94.5 Å². The van der Waals surface area contributed by atoms with Gasteiger partial charge in [-0.3, -0.25) is 14.4 Å². The minimum absolute atomic E-state index is 0.0467. The summed E-state index contributed by atoms with van der Waals surface area (Å²) in [5.41, 5.74) is -6.25. The average molecular weight is 735 g/mol. The molecule has 2 aromatic carbocycles. The van der Waals surface area contributed by atoms with E-state index in [1.54, 1.807) is 62.4 Å². The third kappa shape index (κ3) is 6.12. The second-order valence-electron chi connectivity index (χ2n) is 15.3. The lowest BCUT2D eigenvalue weighted by atomic mass is 9.49. The van der Waals surface area contributed by atoms with Crippen LogP contribution >= 0.6 is 0 Å². The normalized spacial score (nSPS) is 34.5. The van der Waals surface area contributed by atoms with E-state index in [0.29, 0.717) is 5.57 Å². The molecule has 3 aliphatic carbocycles. The summed E-state index contributed by atoms with van der Waals surface area (Å²) in [5, 5.41) is 25.4. The van der Waals surface area contributed by atoms with E-state index in [9.17, 15) is 34.2 Å². The molecule has 2 aromatic rings. The van der Waals surface area contributed by atoms with Crippen molar-refractivity contribution in [1.29, 1.82) is 0 Å².